The van der Waals surface area contributed by atoms with E-state index in [1.165, 1.54) is 0 Å². The third-order valence-electron chi connectivity index (χ3n) is 2.15. The average molecular weight is 249 g/mol. The second-order valence-corrected chi connectivity index (χ2v) is 4.34. The first kappa shape index (κ1) is 11.7. The van der Waals surface area contributed by atoms with Crippen molar-refractivity contribution in [2.45, 2.75) is 6.92 Å². The molecule has 2 rings (SSSR count). The number of amides is 2. The van der Waals surface area contributed by atoms with E-state index in [1.807, 2.05) is 31.2 Å². The summed E-state index contributed by atoms with van der Waals surface area (Å²) in [6.45, 7) is 2.45. The highest BCUT2D eigenvalue weighted by atomic mass is 32.2. The number of carbonyl (C=O) groups excluding carboxylic acids is 2. The molecule has 1 aliphatic heterocycles. The Bertz CT molecular complexity index is 496. The van der Waals surface area contributed by atoms with Gasteiger partial charge < -0.3 is 4.74 Å². The average Bonchev–Trinajstić information content (AvgIpc) is 2.61. The first-order chi connectivity index (χ1) is 8.20. The smallest absolute Gasteiger partial charge is 0.290 e. The lowest BCUT2D eigenvalue weighted by Gasteiger charge is -2.06. The molecule has 1 aromatic rings. The van der Waals surface area contributed by atoms with E-state index in [2.05, 4.69) is 5.32 Å². The van der Waals surface area contributed by atoms with E-state index in [1.54, 1.807) is 6.08 Å². The zero-order valence-electron chi connectivity index (χ0n) is 9.23. The number of nitrogens with one attached hydrogen (secondary N) is 1. The summed E-state index contributed by atoms with van der Waals surface area (Å²) in [5.41, 5.74) is 0.793. The van der Waals surface area contributed by atoms with Gasteiger partial charge in [0, 0.05) is 5.56 Å². The van der Waals surface area contributed by atoms with E-state index >= 15 is 0 Å². The lowest BCUT2D eigenvalue weighted by atomic mass is 10.2. The minimum absolute atomic E-state index is 0.338. The number of imide groups is 1. The Morgan fingerprint density at radius 1 is 1.35 bits per heavy atom. The molecule has 1 saturated heterocycles. The fraction of sp³-hybridized carbons (Fsp3) is 0.167. The van der Waals surface area contributed by atoms with Crippen LogP contribution >= 0.6 is 11.8 Å². The second kappa shape index (κ2) is 5.05. The molecule has 1 heterocycles. The Hall–Kier alpha value is -1.75. The zero-order chi connectivity index (χ0) is 12.3. The Labute approximate surface area is 103 Å². The quantitative estimate of drug-likeness (QED) is 0.836. The van der Waals surface area contributed by atoms with Gasteiger partial charge in [-0.05, 0) is 30.8 Å². The van der Waals surface area contributed by atoms with Gasteiger partial charge in [0.05, 0.1) is 11.5 Å². The minimum Gasteiger partial charge on any atom is -0.493 e. The Kier molecular flexibility index (Phi) is 3.49. The highest BCUT2D eigenvalue weighted by Crippen LogP contribution is 2.28. The third-order valence-corrected chi connectivity index (χ3v) is 2.96. The molecule has 0 atom stereocenters. The number of para-hydroxylation sites is 1. The molecule has 0 radical (unpaired) electrons. The molecular weight excluding hydrogens is 238 g/mol. The van der Waals surface area contributed by atoms with E-state index in [0.717, 1.165) is 17.3 Å². The summed E-state index contributed by atoms with van der Waals surface area (Å²) in [5.74, 6) is 0.349. The minimum atomic E-state index is -0.355. The van der Waals surface area contributed by atoms with Crippen LogP contribution in [0.3, 0.4) is 0 Å². The highest BCUT2D eigenvalue weighted by molar-refractivity contribution is 8.18. The van der Waals surface area contributed by atoms with Crippen molar-refractivity contribution in [2.75, 3.05) is 6.61 Å². The van der Waals surface area contributed by atoms with Crippen LogP contribution in [0.2, 0.25) is 0 Å². The van der Waals surface area contributed by atoms with Crippen molar-refractivity contribution in [1.29, 1.82) is 0 Å². The number of hydrogen-bond donors (Lipinski definition) is 1. The topological polar surface area (TPSA) is 55.4 Å². The molecule has 2 amide bonds. The van der Waals surface area contributed by atoms with Crippen molar-refractivity contribution in [3.8, 4) is 5.75 Å². The monoisotopic (exact) mass is 249 g/mol. The molecule has 0 spiro atoms. The maximum Gasteiger partial charge on any atom is 0.290 e. The van der Waals surface area contributed by atoms with Crippen LogP contribution in [-0.4, -0.2) is 17.8 Å². The van der Waals surface area contributed by atoms with E-state index in [0.29, 0.717) is 17.3 Å². The van der Waals surface area contributed by atoms with Crippen LogP contribution in [0.4, 0.5) is 4.79 Å². The highest BCUT2D eigenvalue weighted by Gasteiger charge is 2.25. The standard InChI is InChI=1S/C12H11NO3S/c1-2-16-9-6-4-3-5-8(9)7-10-11(14)13-12(15)17-10/h3-7H,2H2,1H3,(H,13,14,15)/b10-7-. The molecule has 1 aliphatic rings. The molecule has 0 bridgehead atoms. The molecule has 4 nitrogen and oxygen atoms in total. The molecule has 88 valence electrons. The molecule has 0 aliphatic carbocycles. The predicted molar refractivity (Wildman–Crippen MR) is 66.7 cm³/mol. The van der Waals surface area contributed by atoms with E-state index < -0.39 is 0 Å². The van der Waals surface area contributed by atoms with Crippen molar-refractivity contribution in [1.82, 2.24) is 5.32 Å². The van der Waals surface area contributed by atoms with Crippen LogP contribution in [0, 0.1) is 0 Å². The summed E-state index contributed by atoms with van der Waals surface area (Å²) in [6, 6.07) is 7.39. The summed E-state index contributed by atoms with van der Waals surface area (Å²) < 4.78 is 5.44. The van der Waals surface area contributed by atoms with Gasteiger partial charge in [0.25, 0.3) is 11.1 Å². The Morgan fingerprint density at radius 3 is 2.76 bits per heavy atom. The molecule has 1 N–H and O–H groups in total. The first-order valence-corrected chi connectivity index (χ1v) is 5.99. The molecule has 0 unspecified atom stereocenters. The molecule has 1 fully saturated rings. The summed E-state index contributed by atoms with van der Waals surface area (Å²) in [6.07, 6.45) is 1.66. The second-order valence-electron chi connectivity index (χ2n) is 3.32. The van der Waals surface area contributed by atoms with Crippen LogP contribution in [0.5, 0.6) is 5.75 Å². The largest absolute Gasteiger partial charge is 0.493 e. The van der Waals surface area contributed by atoms with Crippen LogP contribution in [0.15, 0.2) is 29.2 Å². The number of hydrogen-bond acceptors (Lipinski definition) is 4. The number of carbonyl (C=O) groups is 2. The fourth-order valence-corrected chi connectivity index (χ4v) is 2.12. The van der Waals surface area contributed by atoms with Crippen molar-refractivity contribution in [2.24, 2.45) is 0 Å². The number of thioether (sulfide) groups is 1. The predicted octanol–water partition coefficient (Wildman–Crippen LogP) is 2.41. The molecule has 5 heteroatoms. The number of benzene rings is 1. The summed E-state index contributed by atoms with van der Waals surface area (Å²) in [5, 5.41) is 1.88. The van der Waals surface area contributed by atoms with Crippen LogP contribution < -0.4 is 10.1 Å². The molecule has 0 aromatic heterocycles. The van der Waals surface area contributed by atoms with Crippen molar-refractivity contribution in [3.63, 3.8) is 0 Å². The summed E-state index contributed by atoms with van der Waals surface area (Å²) in [4.78, 5) is 22.8. The molecule has 0 saturated carbocycles. The third kappa shape index (κ3) is 2.68. The first-order valence-electron chi connectivity index (χ1n) is 5.17. The van der Waals surface area contributed by atoms with Gasteiger partial charge in [0.15, 0.2) is 0 Å². The summed E-state index contributed by atoms with van der Waals surface area (Å²) >= 11 is 0.901. The normalized spacial score (nSPS) is 17.4. The molecular formula is C12H11NO3S. The van der Waals surface area contributed by atoms with E-state index in [9.17, 15) is 9.59 Å². The van der Waals surface area contributed by atoms with Gasteiger partial charge in [-0.25, -0.2) is 0 Å². The van der Waals surface area contributed by atoms with Crippen LogP contribution in [-0.2, 0) is 4.79 Å². The van der Waals surface area contributed by atoms with Gasteiger partial charge in [-0.2, -0.15) is 0 Å². The van der Waals surface area contributed by atoms with Gasteiger partial charge in [0.1, 0.15) is 5.75 Å². The Morgan fingerprint density at radius 2 is 2.12 bits per heavy atom. The lowest BCUT2D eigenvalue weighted by molar-refractivity contribution is -0.115. The van der Waals surface area contributed by atoms with Gasteiger partial charge >= 0.3 is 0 Å². The van der Waals surface area contributed by atoms with Crippen LogP contribution in [0.25, 0.3) is 6.08 Å². The van der Waals surface area contributed by atoms with Crippen molar-refractivity contribution >= 4 is 29.0 Å². The zero-order valence-corrected chi connectivity index (χ0v) is 10.0. The lowest BCUT2D eigenvalue weighted by Crippen LogP contribution is -2.17. The number of rotatable bonds is 3. The maximum absolute atomic E-state index is 11.4. The number of ether oxygens (including phenoxy) is 1. The van der Waals surface area contributed by atoms with Crippen molar-refractivity contribution < 1.29 is 14.3 Å². The van der Waals surface area contributed by atoms with Crippen molar-refractivity contribution in [3.05, 3.63) is 34.7 Å². The molecule has 17 heavy (non-hydrogen) atoms. The van der Waals surface area contributed by atoms with Gasteiger partial charge in [-0.1, -0.05) is 18.2 Å². The maximum atomic E-state index is 11.4. The SMILES string of the molecule is CCOc1ccccc1/C=C1\SC(=O)NC1=O. The van der Waals surface area contributed by atoms with Gasteiger partial charge in [-0.3, -0.25) is 14.9 Å². The van der Waals surface area contributed by atoms with E-state index in [-0.39, 0.29) is 11.1 Å². The Balaban J connectivity index is 2.32. The summed E-state index contributed by atoms with van der Waals surface area (Å²) in [7, 11) is 0. The molecule has 1 aromatic carbocycles. The van der Waals surface area contributed by atoms with Crippen LogP contribution in [0.1, 0.15) is 12.5 Å². The van der Waals surface area contributed by atoms with Gasteiger partial charge in [-0.15, -0.1) is 0 Å². The van der Waals surface area contributed by atoms with Gasteiger partial charge in [0.2, 0.25) is 0 Å². The van der Waals surface area contributed by atoms with E-state index in [4.69, 9.17) is 4.74 Å². The fourth-order valence-electron chi connectivity index (χ4n) is 1.45.